The van der Waals surface area contributed by atoms with Crippen molar-refractivity contribution in [2.24, 2.45) is 0 Å². The highest BCUT2D eigenvalue weighted by Gasteiger charge is 2.24. The highest BCUT2D eigenvalue weighted by atomic mass is 16.6. The standard InChI is InChI=1S/C14H22N4O3/c1-3-17-6-4-11(5-7-17)16(2)10-14(19)13-8-12(9-15-13)18(20)21/h8-9,11,15H,3-7,10H2,1-2H3. The molecule has 1 aromatic rings. The first-order valence-corrected chi connectivity index (χ1v) is 7.30. The number of aromatic amines is 1. The second-order valence-corrected chi connectivity index (χ2v) is 5.53. The minimum absolute atomic E-state index is 0.0720. The van der Waals surface area contributed by atoms with Gasteiger partial charge in [0.15, 0.2) is 5.78 Å². The van der Waals surface area contributed by atoms with Gasteiger partial charge in [0.05, 0.1) is 23.4 Å². The van der Waals surface area contributed by atoms with Gasteiger partial charge >= 0.3 is 0 Å². The van der Waals surface area contributed by atoms with E-state index in [1.54, 1.807) is 0 Å². The van der Waals surface area contributed by atoms with Crippen LogP contribution in [-0.2, 0) is 0 Å². The Labute approximate surface area is 124 Å². The molecule has 0 bridgehead atoms. The largest absolute Gasteiger partial charge is 0.353 e. The van der Waals surface area contributed by atoms with Crippen LogP contribution in [0.4, 0.5) is 5.69 Å². The lowest BCUT2D eigenvalue weighted by molar-refractivity contribution is -0.384. The van der Waals surface area contributed by atoms with Crippen LogP contribution in [0.2, 0.25) is 0 Å². The smallest absolute Gasteiger partial charge is 0.287 e. The highest BCUT2D eigenvalue weighted by Crippen LogP contribution is 2.17. The van der Waals surface area contributed by atoms with Crippen molar-refractivity contribution in [2.45, 2.75) is 25.8 Å². The van der Waals surface area contributed by atoms with Gasteiger partial charge in [-0.3, -0.25) is 19.8 Å². The molecule has 0 spiro atoms. The van der Waals surface area contributed by atoms with Crippen molar-refractivity contribution in [2.75, 3.05) is 33.2 Å². The fraction of sp³-hybridized carbons (Fsp3) is 0.643. The number of piperidine rings is 1. The number of carbonyl (C=O) groups is 1. The average Bonchev–Trinajstić information content (AvgIpc) is 2.97. The summed E-state index contributed by atoms with van der Waals surface area (Å²) in [6, 6.07) is 1.71. The number of aromatic nitrogens is 1. The number of nitrogens with zero attached hydrogens (tertiary/aromatic N) is 3. The molecule has 2 rings (SSSR count). The molecule has 2 heterocycles. The number of carbonyl (C=O) groups excluding carboxylic acids is 1. The van der Waals surface area contributed by atoms with Crippen molar-refractivity contribution < 1.29 is 9.72 Å². The van der Waals surface area contributed by atoms with Crippen molar-refractivity contribution in [1.82, 2.24) is 14.8 Å². The molecule has 7 nitrogen and oxygen atoms in total. The number of hydrogen-bond donors (Lipinski definition) is 1. The Morgan fingerprint density at radius 3 is 2.71 bits per heavy atom. The number of likely N-dealkylation sites (N-methyl/N-ethyl adjacent to an activating group) is 1. The van der Waals surface area contributed by atoms with Gasteiger partial charge in [0.2, 0.25) is 0 Å². The van der Waals surface area contributed by atoms with Gasteiger partial charge in [-0.15, -0.1) is 0 Å². The molecule has 116 valence electrons. The minimum Gasteiger partial charge on any atom is -0.353 e. The molecule has 0 aliphatic carbocycles. The lowest BCUT2D eigenvalue weighted by Crippen LogP contribution is -2.44. The predicted molar refractivity (Wildman–Crippen MR) is 79.5 cm³/mol. The van der Waals surface area contributed by atoms with Crippen LogP contribution in [-0.4, -0.2) is 64.8 Å². The van der Waals surface area contributed by atoms with Gasteiger partial charge in [-0.25, -0.2) is 0 Å². The van der Waals surface area contributed by atoms with Crippen molar-refractivity contribution in [1.29, 1.82) is 0 Å². The second kappa shape index (κ2) is 6.82. The lowest BCUT2D eigenvalue weighted by Gasteiger charge is -2.35. The Balaban J connectivity index is 1.88. The van der Waals surface area contributed by atoms with Crippen molar-refractivity contribution in [3.8, 4) is 0 Å². The maximum atomic E-state index is 12.1. The summed E-state index contributed by atoms with van der Waals surface area (Å²) < 4.78 is 0. The zero-order valence-electron chi connectivity index (χ0n) is 12.5. The first kappa shape index (κ1) is 15.7. The SMILES string of the molecule is CCN1CCC(N(C)CC(=O)c2cc([N+](=O)[O-])c[nH]2)CC1. The van der Waals surface area contributed by atoms with Gasteiger partial charge in [0.25, 0.3) is 5.69 Å². The number of rotatable bonds is 6. The monoisotopic (exact) mass is 294 g/mol. The van der Waals surface area contributed by atoms with E-state index in [0.29, 0.717) is 11.7 Å². The molecule has 1 N–H and O–H groups in total. The zero-order valence-corrected chi connectivity index (χ0v) is 12.5. The molecule has 0 unspecified atom stereocenters. The number of ketones is 1. The predicted octanol–water partition coefficient (Wildman–Crippen LogP) is 1.52. The van der Waals surface area contributed by atoms with E-state index in [-0.39, 0.29) is 18.0 Å². The van der Waals surface area contributed by atoms with Crippen LogP contribution in [0.5, 0.6) is 0 Å². The van der Waals surface area contributed by atoms with E-state index in [4.69, 9.17) is 0 Å². The summed E-state index contributed by atoms with van der Waals surface area (Å²) in [6.07, 6.45) is 3.37. The summed E-state index contributed by atoms with van der Waals surface area (Å²) in [4.78, 5) is 29.4. The van der Waals surface area contributed by atoms with Crippen LogP contribution < -0.4 is 0 Å². The van der Waals surface area contributed by atoms with E-state index in [1.807, 2.05) is 7.05 Å². The van der Waals surface area contributed by atoms with Crippen LogP contribution >= 0.6 is 0 Å². The van der Waals surface area contributed by atoms with Gasteiger partial charge in [-0.2, -0.15) is 0 Å². The van der Waals surface area contributed by atoms with Crippen LogP contribution in [0.25, 0.3) is 0 Å². The van der Waals surface area contributed by atoms with Gasteiger partial charge < -0.3 is 9.88 Å². The Morgan fingerprint density at radius 2 is 2.19 bits per heavy atom. The van der Waals surface area contributed by atoms with E-state index in [9.17, 15) is 14.9 Å². The summed E-state index contributed by atoms with van der Waals surface area (Å²) >= 11 is 0. The molecule has 1 fully saturated rings. The Hall–Kier alpha value is -1.73. The van der Waals surface area contributed by atoms with E-state index >= 15 is 0 Å². The molecule has 1 aromatic heterocycles. The van der Waals surface area contributed by atoms with Crippen LogP contribution in [0.15, 0.2) is 12.3 Å². The average molecular weight is 294 g/mol. The van der Waals surface area contributed by atoms with Gasteiger partial charge in [-0.1, -0.05) is 6.92 Å². The van der Waals surface area contributed by atoms with Crippen molar-refractivity contribution >= 4 is 11.5 Å². The molecule has 0 saturated carbocycles. The number of likely N-dealkylation sites (tertiary alicyclic amines) is 1. The normalized spacial score (nSPS) is 17.3. The maximum Gasteiger partial charge on any atom is 0.287 e. The van der Waals surface area contributed by atoms with Crippen LogP contribution in [0, 0.1) is 10.1 Å². The van der Waals surface area contributed by atoms with Gasteiger partial charge in [0.1, 0.15) is 0 Å². The molecular weight excluding hydrogens is 272 g/mol. The Morgan fingerprint density at radius 1 is 1.52 bits per heavy atom. The van der Waals surface area contributed by atoms with Crippen LogP contribution in [0.3, 0.4) is 0 Å². The molecule has 0 radical (unpaired) electrons. The number of H-pyrrole nitrogens is 1. The first-order chi connectivity index (χ1) is 10.0. The first-order valence-electron chi connectivity index (χ1n) is 7.30. The fourth-order valence-electron chi connectivity index (χ4n) is 2.77. The minimum atomic E-state index is -0.503. The summed E-state index contributed by atoms with van der Waals surface area (Å²) in [7, 11) is 1.95. The van der Waals surface area contributed by atoms with E-state index in [2.05, 4.69) is 21.7 Å². The molecule has 0 atom stereocenters. The summed E-state index contributed by atoms with van der Waals surface area (Å²) in [5.41, 5.74) is 0.233. The Kier molecular flexibility index (Phi) is 5.08. The Bertz CT molecular complexity index is 506. The third-order valence-electron chi connectivity index (χ3n) is 4.20. The molecule has 0 amide bonds. The summed E-state index contributed by atoms with van der Waals surface area (Å²) in [6.45, 7) is 5.64. The van der Waals surface area contributed by atoms with Crippen molar-refractivity contribution in [3.63, 3.8) is 0 Å². The number of nitrogens with one attached hydrogen (secondary N) is 1. The quantitative estimate of drug-likeness (QED) is 0.488. The summed E-state index contributed by atoms with van der Waals surface area (Å²) in [5, 5.41) is 10.6. The fourth-order valence-corrected chi connectivity index (χ4v) is 2.77. The third kappa shape index (κ3) is 3.89. The van der Waals surface area contributed by atoms with E-state index in [0.717, 1.165) is 32.5 Å². The number of nitro groups is 1. The zero-order chi connectivity index (χ0) is 15.4. The number of hydrogen-bond acceptors (Lipinski definition) is 5. The van der Waals surface area contributed by atoms with Gasteiger partial charge in [0, 0.05) is 12.1 Å². The molecule has 1 saturated heterocycles. The second-order valence-electron chi connectivity index (χ2n) is 5.53. The summed E-state index contributed by atoms with van der Waals surface area (Å²) in [5.74, 6) is -0.108. The molecular formula is C14H22N4O3. The molecule has 21 heavy (non-hydrogen) atoms. The highest BCUT2D eigenvalue weighted by molar-refractivity contribution is 5.96. The van der Waals surface area contributed by atoms with Crippen molar-refractivity contribution in [3.05, 3.63) is 28.1 Å². The molecule has 0 aromatic carbocycles. The third-order valence-corrected chi connectivity index (χ3v) is 4.20. The molecule has 7 heteroatoms. The maximum absolute atomic E-state index is 12.1. The lowest BCUT2D eigenvalue weighted by atomic mass is 10.0. The topological polar surface area (TPSA) is 82.5 Å². The van der Waals surface area contributed by atoms with E-state index in [1.165, 1.54) is 12.3 Å². The van der Waals surface area contributed by atoms with Crippen LogP contribution in [0.1, 0.15) is 30.3 Å². The number of Topliss-reactive ketones (excluding diaryl/α,β-unsaturated/α-hetero) is 1. The molecule has 1 aliphatic rings. The molecule has 1 aliphatic heterocycles. The van der Waals surface area contributed by atoms with Gasteiger partial charge in [-0.05, 0) is 39.5 Å². The van der Waals surface area contributed by atoms with E-state index < -0.39 is 4.92 Å².